The summed E-state index contributed by atoms with van der Waals surface area (Å²) in [4.78, 5) is 40.4. The molecule has 0 radical (unpaired) electrons. The minimum absolute atomic E-state index is 0.0880. The van der Waals surface area contributed by atoms with Crippen LogP contribution >= 0.6 is 0 Å². The second-order valence-corrected chi connectivity index (χ2v) is 9.88. The highest BCUT2D eigenvalue weighted by Crippen LogP contribution is 2.15. The van der Waals surface area contributed by atoms with Gasteiger partial charge in [-0.05, 0) is 44.2 Å². The third-order valence-electron chi connectivity index (χ3n) is 4.49. The van der Waals surface area contributed by atoms with Crippen molar-refractivity contribution in [3.8, 4) is 11.8 Å². The van der Waals surface area contributed by atoms with Crippen LogP contribution in [-0.4, -0.2) is 45.6 Å². The maximum absolute atomic E-state index is 12.5. The Balaban J connectivity index is 1.75. The third kappa shape index (κ3) is 7.38. The Morgan fingerprint density at radius 1 is 1.14 bits per heavy atom. The van der Waals surface area contributed by atoms with Crippen LogP contribution in [-0.2, 0) is 19.3 Å². The number of amides is 2. The van der Waals surface area contributed by atoms with Crippen LogP contribution in [0.15, 0.2) is 63.8 Å². The van der Waals surface area contributed by atoms with E-state index in [1.807, 2.05) is 0 Å². The summed E-state index contributed by atoms with van der Waals surface area (Å²) in [5.74, 6) is 3.78. The zero-order valence-corrected chi connectivity index (χ0v) is 20.2. The number of carbonyl (C=O) groups is 3. The van der Waals surface area contributed by atoms with Gasteiger partial charge in [-0.2, -0.15) is 4.36 Å². The van der Waals surface area contributed by atoms with Crippen LogP contribution in [0.5, 0.6) is 0 Å². The summed E-state index contributed by atoms with van der Waals surface area (Å²) in [6.45, 7) is 3.55. The van der Waals surface area contributed by atoms with Gasteiger partial charge in [-0.15, -0.1) is 0 Å². The minimum atomic E-state index is -3.11. The SMILES string of the molecule is CCOC(=O)C[S@@](C)(=O)=NC(=O)c1cncc(C#Cc2cccc(NC(=O)c3occc3C)c2)c1. The number of nitrogens with zero attached hydrogens (tertiary/aromatic N) is 2. The highest BCUT2D eigenvalue weighted by molar-refractivity contribution is 7.93. The lowest BCUT2D eigenvalue weighted by atomic mass is 10.1. The summed E-state index contributed by atoms with van der Waals surface area (Å²) in [5.41, 5.74) is 2.40. The molecule has 10 heteroatoms. The van der Waals surface area contributed by atoms with Gasteiger partial charge in [-0.3, -0.25) is 19.4 Å². The molecular weight excluding hydrogens is 470 g/mol. The maximum atomic E-state index is 12.5. The summed E-state index contributed by atoms with van der Waals surface area (Å²) in [6.07, 6.45) is 5.42. The smallest absolute Gasteiger partial charge is 0.319 e. The van der Waals surface area contributed by atoms with E-state index in [1.54, 1.807) is 44.2 Å². The number of anilines is 1. The number of aromatic nitrogens is 1. The van der Waals surface area contributed by atoms with Crippen molar-refractivity contribution in [3.05, 3.63) is 83.1 Å². The van der Waals surface area contributed by atoms with E-state index in [4.69, 9.17) is 9.15 Å². The molecule has 0 fully saturated rings. The number of benzene rings is 1. The normalized spacial score (nSPS) is 12.0. The molecular formula is C25H23N3O6S. The number of ether oxygens (including phenoxy) is 1. The molecule has 2 aromatic heterocycles. The predicted octanol–water partition coefficient (Wildman–Crippen LogP) is 3.44. The minimum Gasteiger partial charge on any atom is -0.465 e. The van der Waals surface area contributed by atoms with E-state index in [0.29, 0.717) is 16.8 Å². The second kappa shape index (κ2) is 11.3. The molecule has 0 saturated heterocycles. The van der Waals surface area contributed by atoms with E-state index in [9.17, 15) is 18.6 Å². The Labute approximate surface area is 203 Å². The average molecular weight is 494 g/mol. The predicted molar refractivity (Wildman–Crippen MR) is 130 cm³/mol. The first-order valence-corrected chi connectivity index (χ1v) is 12.6. The lowest BCUT2D eigenvalue weighted by Gasteiger charge is -2.04. The lowest BCUT2D eigenvalue weighted by Crippen LogP contribution is -2.18. The summed E-state index contributed by atoms with van der Waals surface area (Å²) in [5, 5.41) is 2.76. The average Bonchev–Trinajstić information content (AvgIpc) is 3.23. The fourth-order valence-electron chi connectivity index (χ4n) is 2.92. The molecule has 0 saturated carbocycles. The molecule has 1 N–H and O–H groups in total. The number of hydrogen-bond acceptors (Lipinski definition) is 7. The Bertz CT molecular complexity index is 1450. The monoisotopic (exact) mass is 493 g/mol. The van der Waals surface area contributed by atoms with Crippen molar-refractivity contribution in [3.63, 3.8) is 0 Å². The number of furan rings is 1. The number of rotatable bonds is 6. The van der Waals surface area contributed by atoms with Crippen molar-refractivity contribution in [2.45, 2.75) is 13.8 Å². The third-order valence-corrected chi connectivity index (χ3v) is 5.82. The van der Waals surface area contributed by atoms with Crippen molar-refractivity contribution in [1.82, 2.24) is 4.98 Å². The Morgan fingerprint density at radius 3 is 2.63 bits per heavy atom. The number of pyridine rings is 1. The first-order chi connectivity index (χ1) is 16.7. The van der Waals surface area contributed by atoms with Crippen LogP contribution in [0.2, 0.25) is 0 Å². The second-order valence-electron chi connectivity index (χ2n) is 7.49. The van der Waals surface area contributed by atoms with Crippen LogP contribution < -0.4 is 5.32 Å². The number of carbonyl (C=O) groups excluding carboxylic acids is 3. The topological polar surface area (TPSA) is 128 Å². The molecule has 1 aromatic carbocycles. The zero-order valence-electron chi connectivity index (χ0n) is 19.4. The number of nitrogens with one attached hydrogen (secondary N) is 1. The van der Waals surface area contributed by atoms with Crippen LogP contribution in [0.3, 0.4) is 0 Å². The molecule has 9 nitrogen and oxygen atoms in total. The molecule has 0 bridgehead atoms. The van der Waals surface area contributed by atoms with E-state index in [2.05, 4.69) is 26.5 Å². The first-order valence-electron chi connectivity index (χ1n) is 10.5. The van der Waals surface area contributed by atoms with Gasteiger partial charge in [0.15, 0.2) is 5.76 Å². The number of esters is 1. The van der Waals surface area contributed by atoms with Crippen molar-refractivity contribution >= 4 is 33.2 Å². The number of hydrogen-bond donors (Lipinski definition) is 1. The standard InChI is InChI=1S/C25H23N3O6S/c1-4-33-22(29)16-35(3,32)28-24(30)20-12-19(14-26-15-20)9-8-18-6-5-7-21(13-18)27-25(31)23-17(2)10-11-34-23/h5-7,10-15H,4,16H2,1-3H3,(H,27,31)/t35-/m1/s1. The maximum Gasteiger partial charge on any atom is 0.319 e. The largest absolute Gasteiger partial charge is 0.465 e. The van der Waals surface area contributed by atoms with Crippen LogP contribution in [0.4, 0.5) is 5.69 Å². The molecule has 3 rings (SSSR count). The van der Waals surface area contributed by atoms with Gasteiger partial charge in [0.05, 0.1) is 28.2 Å². The van der Waals surface area contributed by atoms with Crippen molar-refractivity contribution < 1.29 is 27.7 Å². The molecule has 0 aliphatic rings. The van der Waals surface area contributed by atoms with Gasteiger partial charge in [0.25, 0.3) is 11.8 Å². The van der Waals surface area contributed by atoms with E-state index < -0.39 is 27.4 Å². The fraction of sp³-hybridized carbons (Fsp3) is 0.200. The zero-order chi connectivity index (χ0) is 25.4. The van der Waals surface area contributed by atoms with Gasteiger partial charge in [0.1, 0.15) is 5.75 Å². The Kier molecular flexibility index (Phi) is 8.17. The highest BCUT2D eigenvalue weighted by atomic mass is 32.2. The summed E-state index contributed by atoms with van der Waals surface area (Å²) in [7, 11) is -3.11. The van der Waals surface area contributed by atoms with Crippen molar-refractivity contribution in [2.75, 3.05) is 23.9 Å². The molecule has 3 aromatic rings. The van der Waals surface area contributed by atoms with Gasteiger partial charge in [-0.1, -0.05) is 17.9 Å². The van der Waals surface area contributed by atoms with Gasteiger partial charge < -0.3 is 14.5 Å². The van der Waals surface area contributed by atoms with Crippen molar-refractivity contribution in [1.29, 1.82) is 0 Å². The van der Waals surface area contributed by atoms with E-state index >= 15 is 0 Å². The van der Waals surface area contributed by atoms with E-state index in [1.165, 1.54) is 31.0 Å². The van der Waals surface area contributed by atoms with E-state index in [-0.39, 0.29) is 23.8 Å². The lowest BCUT2D eigenvalue weighted by molar-refractivity contribution is -0.139. The van der Waals surface area contributed by atoms with Gasteiger partial charge in [0.2, 0.25) is 0 Å². The Hall–Kier alpha value is -4.23. The molecule has 0 spiro atoms. The van der Waals surface area contributed by atoms with Crippen LogP contribution in [0, 0.1) is 18.8 Å². The summed E-state index contributed by atoms with van der Waals surface area (Å²) >= 11 is 0. The van der Waals surface area contributed by atoms with Crippen molar-refractivity contribution in [2.24, 2.45) is 4.36 Å². The molecule has 180 valence electrons. The summed E-state index contributed by atoms with van der Waals surface area (Å²) in [6, 6.07) is 10.1. The number of aryl methyl sites for hydroxylation is 1. The molecule has 2 amide bonds. The van der Waals surface area contributed by atoms with E-state index in [0.717, 1.165) is 5.56 Å². The molecule has 0 aliphatic heterocycles. The molecule has 1 atom stereocenters. The quantitative estimate of drug-likeness (QED) is 0.411. The molecule has 2 heterocycles. The van der Waals surface area contributed by atoms with Crippen LogP contribution in [0.1, 0.15) is 44.5 Å². The molecule has 35 heavy (non-hydrogen) atoms. The molecule has 0 unspecified atom stereocenters. The molecule has 0 aliphatic carbocycles. The highest BCUT2D eigenvalue weighted by Gasteiger charge is 2.15. The first kappa shape index (κ1) is 25.4. The fourth-order valence-corrected chi connectivity index (χ4v) is 3.96. The van der Waals surface area contributed by atoms with Gasteiger partial charge in [0, 0.05) is 41.0 Å². The van der Waals surface area contributed by atoms with Crippen LogP contribution in [0.25, 0.3) is 0 Å². The van der Waals surface area contributed by atoms with Gasteiger partial charge in [-0.25, -0.2) is 4.21 Å². The Morgan fingerprint density at radius 2 is 1.91 bits per heavy atom. The summed E-state index contributed by atoms with van der Waals surface area (Å²) < 4.78 is 26.1. The van der Waals surface area contributed by atoms with Gasteiger partial charge >= 0.3 is 5.97 Å².